The Morgan fingerprint density at radius 2 is 2.00 bits per heavy atom. The molecule has 3 heteroatoms. The standard InChI is InChI=1S/C12H16N2O.C3H8/c15-10-14-7-4-11(5-8-14)9-12-3-1-2-6-13-12;1-3-2/h1-3,6,10-11H,4-5,7-9H2;3H2,1-2H3. The van der Waals surface area contributed by atoms with Crippen molar-refractivity contribution in [3.05, 3.63) is 30.1 Å². The van der Waals surface area contributed by atoms with Crippen LogP contribution < -0.4 is 0 Å². The van der Waals surface area contributed by atoms with Crippen molar-refractivity contribution >= 4 is 6.41 Å². The van der Waals surface area contributed by atoms with Gasteiger partial charge in [-0.05, 0) is 37.3 Å². The zero-order valence-corrected chi connectivity index (χ0v) is 11.5. The van der Waals surface area contributed by atoms with Crippen LogP contribution in [0.5, 0.6) is 0 Å². The minimum absolute atomic E-state index is 0.691. The first-order valence-electron chi connectivity index (χ1n) is 6.89. The summed E-state index contributed by atoms with van der Waals surface area (Å²) in [6.45, 7) is 6.06. The highest BCUT2D eigenvalue weighted by molar-refractivity contribution is 5.47. The van der Waals surface area contributed by atoms with E-state index >= 15 is 0 Å². The first-order chi connectivity index (χ1) is 8.80. The van der Waals surface area contributed by atoms with Gasteiger partial charge in [0.1, 0.15) is 0 Å². The van der Waals surface area contributed by atoms with Gasteiger partial charge in [0.25, 0.3) is 0 Å². The Kier molecular flexibility index (Phi) is 7.07. The Morgan fingerprint density at radius 3 is 2.50 bits per heavy atom. The van der Waals surface area contributed by atoms with Crippen molar-refractivity contribution in [1.29, 1.82) is 0 Å². The highest BCUT2D eigenvalue weighted by atomic mass is 16.1. The van der Waals surface area contributed by atoms with Crippen LogP contribution in [0.3, 0.4) is 0 Å². The summed E-state index contributed by atoms with van der Waals surface area (Å²) < 4.78 is 0. The Morgan fingerprint density at radius 1 is 1.33 bits per heavy atom. The summed E-state index contributed by atoms with van der Waals surface area (Å²) in [4.78, 5) is 16.7. The smallest absolute Gasteiger partial charge is 0.209 e. The van der Waals surface area contributed by atoms with E-state index in [0.717, 1.165) is 38.8 Å². The summed E-state index contributed by atoms with van der Waals surface area (Å²) in [5.41, 5.74) is 1.17. The van der Waals surface area contributed by atoms with E-state index in [1.807, 2.05) is 23.2 Å². The van der Waals surface area contributed by atoms with Crippen molar-refractivity contribution in [2.75, 3.05) is 13.1 Å². The van der Waals surface area contributed by atoms with Gasteiger partial charge in [-0.3, -0.25) is 9.78 Å². The molecule has 0 atom stereocenters. The average molecular weight is 248 g/mol. The van der Waals surface area contributed by atoms with Gasteiger partial charge in [-0.25, -0.2) is 0 Å². The number of nitrogens with zero attached hydrogens (tertiary/aromatic N) is 2. The summed E-state index contributed by atoms with van der Waals surface area (Å²) in [5, 5.41) is 0. The van der Waals surface area contributed by atoms with Crippen molar-refractivity contribution < 1.29 is 4.79 Å². The minimum atomic E-state index is 0.691. The van der Waals surface area contributed by atoms with E-state index in [1.54, 1.807) is 0 Å². The summed E-state index contributed by atoms with van der Waals surface area (Å²) in [7, 11) is 0. The van der Waals surface area contributed by atoms with Crippen molar-refractivity contribution in [3.8, 4) is 0 Å². The predicted molar refractivity (Wildman–Crippen MR) is 74.3 cm³/mol. The topological polar surface area (TPSA) is 33.2 Å². The molecular formula is C15H24N2O. The molecule has 0 radical (unpaired) electrons. The second kappa shape index (κ2) is 8.67. The number of amides is 1. The van der Waals surface area contributed by atoms with Crippen LogP contribution in [0.25, 0.3) is 0 Å². The van der Waals surface area contributed by atoms with E-state index in [1.165, 1.54) is 12.1 Å². The molecule has 2 rings (SSSR count). The molecule has 0 aromatic carbocycles. The summed E-state index contributed by atoms with van der Waals surface area (Å²) >= 11 is 0. The average Bonchev–Trinajstić information content (AvgIpc) is 2.42. The van der Waals surface area contributed by atoms with Crippen molar-refractivity contribution in [2.45, 2.75) is 39.5 Å². The van der Waals surface area contributed by atoms with Crippen LogP contribution in [0.1, 0.15) is 38.8 Å². The zero-order chi connectivity index (χ0) is 13.2. The molecular weight excluding hydrogens is 224 g/mol. The summed E-state index contributed by atoms with van der Waals surface area (Å²) in [6, 6.07) is 6.05. The molecule has 100 valence electrons. The van der Waals surface area contributed by atoms with Gasteiger partial charge in [0.05, 0.1) is 0 Å². The van der Waals surface area contributed by atoms with E-state index in [9.17, 15) is 4.79 Å². The molecule has 18 heavy (non-hydrogen) atoms. The van der Waals surface area contributed by atoms with Crippen molar-refractivity contribution in [3.63, 3.8) is 0 Å². The lowest BCUT2D eigenvalue weighted by atomic mass is 9.92. The third kappa shape index (κ3) is 5.30. The second-order valence-electron chi connectivity index (χ2n) is 4.82. The maximum Gasteiger partial charge on any atom is 0.209 e. The summed E-state index contributed by atoms with van der Waals surface area (Å²) in [5.74, 6) is 0.691. The van der Waals surface area contributed by atoms with Gasteiger partial charge in [-0.2, -0.15) is 0 Å². The third-order valence-electron chi connectivity index (χ3n) is 3.02. The Labute approximate surface area is 110 Å². The van der Waals surface area contributed by atoms with Gasteiger partial charge in [0, 0.05) is 25.0 Å². The molecule has 3 nitrogen and oxygen atoms in total. The fraction of sp³-hybridized carbons (Fsp3) is 0.600. The molecule has 0 bridgehead atoms. The molecule has 1 aliphatic heterocycles. The van der Waals surface area contributed by atoms with Crippen LogP contribution in [0, 0.1) is 5.92 Å². The first-order valence-corrected chi connectivity index (χ1v) is 6.89. The van der Waals surface area contributed by atoms with E-state index in [2.05, 4.69) is 24.9 Å². The molecule has 0 saturated carbocycles. The molecule has 1 aromatic heterocycles. The van der Waals surface area contributed by atoms with E-state index < -0.39 is 0 Å². The number of aromatic nitrogens is 1. The van der Waals surface area contributed by atoms with E-state index in [4.69, 9.17) is 0 Å². The van der Waals surface area contributed by atoms with Crippen molar-refractivity contribution in [1.82, 2.24) is 9.88 Å². The molecule has 1 amide bonds. The molecule has 1 fully saturated rings. The highest BCUT2D eigenvalue weighted by Gasteiger charge is 2.18. The van der Waals surface area contributed by atoms with Gasteiger partial charge in [-0.1, -0.05) is 26.3 Å². The number of piperidine rings is 1. The number of carbonyl (C=O) groups is 1. The molecule has 0 N–H and O–H groups in total. The highest BCUT2D eigenvalue weighted by Crippen LogP contribution is 2.19. The zero-order valence-electron chi connectivity index (χ0n) is 11.5. The second-order valence-corrected chi connectivity index (χ2v) is 4.82. The fourth-order valence-corrected chi connectivity index (χ4v) is 2.08. The predicted octanol–water partition coefficient (Wildman–Crippen LogP) is 2.91. The van der Waals surface area contributed by atoms with E-state index in [0.29, 0.717) is 5.92 Å². The monoisotopic (exact) mass is 248 g/mol. The SMILES string of the molecule is CCC.O=CN1CCC(Cc2ccccn2)CC1. The Hall–Kier alpha value is -1.38. The number of rotatable bonds is 3. The minimum Gasteiger partial charge on any atom is -0.345 e. The van der Waals surface area contributed by atoms with Gasteiger partial charge in [0.2, 0.25) is 6.41 Å². The van der Waals surface area contributed by atoms with Crippen LogP contribution in [-0.2, 0) is 11.2 Å². The lowest BCUT2D eigenvalue weighted by Gasteiger charge is -2.28. The Balaban J connectivity index is 0.000000492. The van der Waals surface area contributed by atoms with Gasteiger partial charge < -0.3 is 4.90 Å². The van der Waals surface area contributed by atoms with Gasteiger partial charge >= 0.3 is 0 Å². The molecule has 1 saturated heterocycles. The van der Waals surface area contributed by atoms with Crippen LogP contribution in [0.4, 0.5) is 0 Å². The fourth-order valence-electron chi connectivity index (χ4n) is 2.08. The number of hydrogen-bond acceptors (Lipinski definition) is 2. The number of likely N-dealkylation sites (tertiary alicyclic amines) is 1. The lowest BCUT2D eigenvalue weighted by molar-refractivity contribution is -0.119. The first kappa shape index (κ1) is 14.7. The van der Waals surface area contributed by atoms with E-state index in [-0.39, 0.29) is 0 Å². The molecule has 1 aliphatic rings. The lowest BCUT2D eigenvalue weighted by Crippen LogP contribution is -2.33. The van der Waals surface area contributed by atoms with Gasteiger partial charge in [-0.15, -0.1) is 0 Å². The maximum absolute atomic E-state index is 10.5. The normalized spacial score (nSPS) is 15.8. The quantitative estimate of drug-likeness (QED) is 0.771. The number of pyridine rings is 1. The van der Waals surface area contributed by atoms with Gasteiger partial charge in [0.15, 0.2) is 0 Å². The van der Waals surface area contributed by atoms with Crippen molar-refractivity contribution in [2.24, 2.45) is 5.92 Å². The van der Waals surface area contributed by atoms with Crippen LogP contribution in [0.15, 0.2) is 24.4 Å². The molecule has 2 heterocycles. The molecule has 0 aliphatic carbocycles. The number of hydrogen-bond donors (Lipinski definition) is 0. The molecule has 0 unspecified atom stereocenters. The molecule has 1 aromatic rings. The van der Waals surface area contributed by atoms with Crippen LogP contribution >= 0.6 is 0 Å². The largest absolute Gasteiger partial charge is 0.345 e. The van der Waals surface area contributed by atoms with Crippen LogP contribution in [0.2, 0.25) is 0 Å². The van der Waals surface area contributed by atoms with Crippen LogP contribution in [-0.4, -0.2) is 29.4 Å². The number of carbonyl (C=O) groups excluding carboxylic acids is 1. The summed E-state index contributed by atoms with van der Waals surface area (Å²) in [6.07, 6.45) is 7.31. The maximum atomic E-state index is 10.5. The Bertz CT molecular complexity index is 319. The third-order valence-corrected chi connectivity index (χ3v) is 3.02. The molecule has 0 spiro atoms.